The van der Waals surface area contributed by atoms with E-state index in [1.54, 1.807) is 4.57 Å². The number of likely N-dealkylation sites (tertiary alicyclic amines) is 1. The lowest BCUT2D eigenvalue weighted by atomic mass is 10.1. The summed E-state index contributed by atoms with van der Waals surface area (Å²) in [6, 6.07) is 8.79. The molecule has 1 aromatic heterocycles. The molecule has 148 valence electrons. The summed E-state index contributed by atoms with van der Waals surface area (Å²) in [5.74, 6) is 0.347. The third-order valence-corrected chi connectivity index (χ3v) is 6.93. The largest absolute Gasteiger partial charge is 0.353 e. The van der Waals surface area contributed by atoms with Crippen molar-refractivity contribution in [2.75, 3.05) is 18.8 Å². The SMILES string of the molecule is O=C(CSc1nc2ccccc2c(=O)n1C1CC1)NC1CCN(C2CC2)CC1. The second-order valence-electron chi connectivity index (χ2n) is 8.22. The Morgan fingerprint density at radius 2 is 1.79 bits per heavy atom. The van der Waals surface area contributed by atoms with Gasteiger partial charge in [-0.3, -0.25) is 14.2 Å². The smallest absolute Gasteiger partial charge is 0.262 e. The molecule has 3 fully saturated rings. The third-order valence-electron chi connectivity index (χ3n) is 5.98. The van der Waals surface area contributed by atoms with Gasteiger partial charge in [-0.25, -0.2) is 4.98 Å². The summed E-state index contributed by atoms with van der Waals surface area (Å²) < 4.78 is 1.80. The molecule has 1 aromatic carbocycles. The van der Waals surface area contributed by atoms with Crippen LogP contribution < -0.4 is 10.9 Å². The molecule has 1 aliphatic heterocycles. The van der Waals surface area contributed by atoms with Gasteiger partial charge >= 0.3 is 0 Å². The number of nitrogens with one attached hydrogen (secondary N) is 1. The average Bonchev–Trinajstić information content (AvgIpc) is 3.60. The molecular weight excluding hydrogens is 372 g/mol. The summed E-state index contributed by atoms with van der Waals surface area (Å²) in [6.07, 6.45) is 6.78. The van der Waals surface area contributed by atoms with E-state index in [0.717, 1.165) is 44.8 Å². The van der Waals surface area contributed by atoms with E-state index in [0.29, 0.717) is 21.8 Å². The van der Waals surface area contributed by atoms with Gasteiger partial charge in [0.1, 0.15) is 0 Å². The number of para-hydroxylation sites is 1. The lowest BCUT2D eigenvalue weighted by Gasteiger charge is -2.32. The van der Waals surface area contributed by atoms with Crippen LogP contribution in [0.4, 0.5) is 0 Å². The van der Waals surface area contributed by atoms with Crippen molar-refractivity contribution in [2.24, 2.45) is 0 Å². The third kappa shape index (κ3) is 3.82. The number of aromatic nitrogens is 2. The Labute approximate surface area is 168 Å². The number of amides is 1. The Morgan fingerprint density at radius 1 is 1.07 bits per heavy atom. The minimum atomic E-state index is 0.0171. The quantitative estimate of drug-likeness (QED) is 0.598. The van der Waals surface area contributed by atoms with E-state index < -0.39 is 0 Å². The number of piperidine rings is 1. The number of hydrogen-bond acceptors (Lipinski definition) is 5. The van der Waals surface area contributed by atoms with Crippen molar-refractivity contribution >= 4 is 28.6 Å². The predicted octanol–water partition coefficient (Wildman–Crippen LogP) is 2.57. The number of carbonyl (C=O) groups excluding carboxylic acids is 1. The highest BCUT2D eigenvalue weighted by Gasteiger charge is 2.32. The van der Waals surface area contributed by atoms with Gasteiger partial charge in [0.2, 0.25) is 5.91 Å². The maximum absolute atomic E-state index is 12.9. The second-order valence-corrected chi connectivity index (χ2v) is 9.16. The van der Waals surface area contributed by atoms with Crippen molar-refractivity contribution in [1.29, 1.82) is 0 Å². The Hall–Kier alpha value is -1.86. The highest BCUT2D eigenvalue weighted by atomic mass is 32.2. The molecule has 0 atom stereocenters. The van der Waals surface area contributed by atoms with E-state index in [-0.39, 0.29) is 23.6 Å². The standard InChI is InChI=1S/C21H26N4O2S/c26-19(22-14-9-11-24(12-10-14)15-5-6-15)13-28-21-23-18-4-2-1-3-17(18)20(27)25(21)16-7-8-16/h1-4,14-16H,5-13H2,(H,22,26). The molecular formula is C21H26N4O2S. The van der Waals surface area contributed by atoms with E-state index in [1.807, 2.05) is 24.3 Å². The zero-order valence-electron chi connectivity index (χ0n) is 16.0. The molecule has 3 aliphatic rings. The minimum Gasteiger partial charge on any atom is -0.353 e. The fourth-order valence-electron chi connectivity index (χ4n) is 4.13. The summed E-state index contributed by atoms with van der Waals surface area (Å²) in [6.45, 7) is 2.19. The highest BCUT2D eigenvalue weighted by molar-refractivity contribution is 7.99. The number of carbonyl (C=O) groups is 1. The Balaban J connectivity index is 1.23. The first-order valence-electron chi connectivity index (χ1n) is 10.4. The fourth-order valence-corrected chi connectivity index (χ4v) is 5.01. The number of benzene rings is 1. The molecule has 2 aliphatic carbocycles. The summed E-state index contributed by atoms with van der Waals surface area (Å²) >= 11 is 1.39. The molecule has 2 saturated carbocycles. The van der Waals surface area contributed by atoms with Crippen LogP contribution in [0, 0.1) is 0 Å². The first-order chi connectivity index (χ1) is 13.7. The van der Waals surface area contributed by atoms with Crippen molar-refractivity contribution in [3.8, 4) is 0 Å². The van der Waals surface area contributed by atoms with Gasteiger partial charge in [0, 0.05) is 31.2 Å². The van der Waals surface area contributed by atoms with Gasteiger partial charge in [-0.2, -0.15) is 0 Å². The van der Waals surface area contributed by atoms with E-state index in [9.17, 15) is 9.59 Å². The minimum absolute atomic E-state index is 0.0171. The summed E-state index contributed by atoms with van der Waals surface area (Å²) in [5.41, 5.74) is 0.725. The summed E-state index contributed by atoms with van der Waals surface area (Å²) in [5, 5.41) is 4.51. The molecule has 1 amide bonds. The fraction of sp³-hybridized carbons (Fsp3) is 0.571. The second kappa shape index (κ2) is 7.52. The van der Waals surface area contributed by atoms with E-state index in [4.69, 9.17) is 4.98 Å². The average molecular weight is 399 g/mol. The monoisotopic (exact) mass is 398 g/mol. The maximum atomic E-state index is 12.9. The topological polar surface area (TPSA) is 67.2 Å². The van der Waals surface area contributed by atoms with Crippen LogP contribution in [-0.2, 0) is 4.79 Å². The number of fused-ring (bicyclic) bond motifs is 1. The number of hydrogen-bond donors (Lipinski definition) is 1. The first-order valence-corrected chi connectivity index (χ1v) is 11.3. The Morgan fingerprint density at radius 3 is 2.50 bits per heavy atom. The summed E-state index contributed by atoms with van der Waals surface area (Å²) in [4.78, 5) is 32.6. The molecule has 28 heavy (non-hydrogen) atoms. The van der Waals surface area contributed by atoms with Crippen molar-refractivity contribution in [3.63, 3.8) is 0 Å². The van der Waals surface area contributed by atoms with Crippen LogP contribution in [-0.4, -0.2) is 51.3 Å². The van der Waals surface area contributed by atoms with Crippen molar-refractivity contribution in [2.45, 2.75) is 61.8 Å². The lowest BCUT2D eigenvalue weighted by Crippen LogP contribution is -2.45. The van der Waals surface area contributed by atoms with E-state index >= 15 is 0 Å². The molecule has 2 aromatic rings. The van der Waals surface area contributed by atoms with Gasteiger partial charge in [0.25, 0.3) is 5.56 Å². The van der Waals surface area contributed by atoms with Gasteiger partial charge in [0.05, 0.1) is 16.7 Å². The molecule has 7 heteroatoms. The molecule has 1 N–H and O–H groups in total. The van der Waals surface area contributed by atoms with Crippen molar-refractivity contribution < 1.29 is 4.79 Å². The molecule has 0 unspecified atom stereocenters. The predicted molar refractivity (Wildman–Crippen MR) is 111 cm³/mol. The molecule has 2 heterocycles. The Kier molecular flexibility index (Phi) is 4.88. The van der Waals surface area contributed by atoms with Gasteiger partial charge < -0.3 is 10.2 Å². The van der Waals surface area contributed by atoms with Gasteiger partial charge in [-0.05, 0) is 50.7 Å². The maximum Gasteiger partial charge on any atom is 0.262 e. The van der Waals surface area contributed by atoms with Gasteiger partial charge in [-0.15, -0.1) is 0 Å². The molecule has 1 saturated heterocycles. The van der Waals surface area contributed by atoms with Crippen LogP contribution in [0.1, 0.15) is 44.6 Å². The number of nitrogens with zero attached hydrogens (tertiary/aromatic N) is 3. The van der Waals surface area contributed by atoms with Crippen LogP contribution in [0.3, 0.4) is 0 Å². The number of thioether (sulfide) groups is 1. The summed E-state index contributed by atoms with van der Waals surface area (Å²) in [7, 11) is 0. The van der Waals surface area contributed by atoms with Gasteiger partial charge in [-0.1, -0.05) is 23.9 Å². The molecule has 0 radical (unpaired) electrons. The zero-order valence-corrected chi connectivity index (χ0v) is 16.8. The van der Waals surface area contributed by atoms with Crippen LogP contribution in [0.15, 0.2) is 34.2 Å². The zero-order chi connectivity index (χ0) is 19.1. The molecule has 0 bridgehead atoms. The number of rotatable bonds is 6. The highest BCUT2D eigenvalue weighted by Crippen LogP contribution is 2.36. The van der Waals surface area contributed by atoms with Crippen LogP contribution in [0.25, 0.3) is 10.9 Å². The van der Waals surface area contributed by atoms with Crippen LogP contribution in [0.5, 0.6) is 0 Å². The van der Waals surface area contributed by atoms with E-state index in [1.165, 1.54) is 24.6 Å². The Bertz CT molecular complexity index is 943. The first kappa shape index (κ1) is 18.2. The van der Waals surface area contributed by atoms with Crippen molar-refractivity contribution in [3.05, 3.63) is 34.6 Å². The van der Waals surface area contributed by atoms with E-state index in [2.05, 4.69) is 10.2 Å². The van der Waals surface area contributed by atoms with Gasteiger partial charge in [0.15, 0.2) is 5.16 Å². The lowest BCUT2D eigenvalue weighted by molar-refractivity contribution is -0.119. The van der Waals surface area contributed by atoms with Crippen LogP contribution in [0.2, 0.25) is 0 Å². The normalized spacial score (nSPS) is 21.1. The molecule has 0 spiro atoms. The molecule has 5 rings (SSSR count). The van der Waals surface area contributed by atoms with Crippen molar-refractivity contribution in [1.82, 2.24) is 19.8 Å². The van der Waals surface area contributed by atoms with Crippen LogP contribution >= 0.6 is 11.8 Å². The molecule has 6 nitrogen and oxygen atoms in total.